The molecule has 0 bridgehead atoms. The molecule has 0 N–H and O–H groups in total. The maximum Gasteiger partial charge on any atom is 0.268 e. The van der Waals surface area contributed by atoms with Crippen molar-refractivity contribution in [2.45, 2.75) is 11.8 Å². The minimum atomic E-state index is -2.70. The van der Waals surface area contributed by atoms with Crippen molar-refractivity contribution in [3.8, 4) is 11.8 Å². The Morgan fingerprint density at radius 1 is 1.67 bits per heavy atom. The summed E-state index contributed by atoms with van der Waals surface area (Å²) in [6.45, 7) is 0. The first-order valence-corrected chi connectivity index (χ1v) is 5.07. The predicted molar refractivity (Wildman–Crippen MR) is 53.1 cm³/mol. The van der Waals surface area contributed by atoms with E-state index >= 15 is 0 Å². The molecule has 0 saturated carbocycles. The van der Waals surface area contributed by atoms with Gasteiger partial charge in [0.15, 0.2) is 0 Å². The number of halogens is 3. The Labute approximate surface area is 93.8 Å². The van der Waals surface area contributed by atoms with Gasteiger partial charge in [-0.05, 0) is 0 Å². The number of hydrogen-bond donors (Lipinski definition) is 0. The molecular formula is C9H7BrF2N2O. The summed E-state index contributed by atoms with van der Waals surface area (Å²) in [7, 11) is 1.25. The first kappa shape index (κ1) is 11.9. The van der Waals surface area contributed by atoms with Gasteiger partial charge >= 0.3 is 0 Å². The number of alkyl halides is 3. The predicted octanol–water partition coefficient (Wildman–Crippen LogP) is 2.79. The van der Waals surface area contributed by atoms with Crippen LogP contribution < -0.4 is 4.74 Å². The molecule has 0 radical (unpaired) electrons. The van der Waals surface area contributed by atoms with Crippen LogP contribution in [0.15, 0.2) is 6.20 Å². The number of pyridine rings is 1. The molecule has 0 atom stereocenters. The van der Waals surface area contributed by atoms with E-state index in [0.717, 1.165) is 6.20 Å². The number of nitrogens with zero attached hydrogens (tertiary/aromatic N) is 2. The van der Waals surface area contributed by atoms with Crippen molar-refractivity contribution in [1.29, 1.82) is 5.26 Å². The monoisotopic (exact) mass is 276 g/mol. The Balaban J connectivity index is 3.43. The Kier molecular flexibility index (Phi) is 3.97. The number of hydrogen-bond acceptors (Lipinski definition) is 3. The molecule has 15 heavy (non-hydrogen) atoms. The summed E-state index contributed by atoms with van der Waals surface area (Å²) in [5, 5.41) is 9.15. The van der Waals surface area contributed by atoms with Crippen molar-refractivity contribution in [2.24, 2.45) is 0 Å². The minimum absolute atomic E-state index is 0.0483. The van der Waals surface area contributed by atoms with Crippen LogP contribution in [0.5, 0.6) is 5.75 Å². The van der Waals surface area contributed by atoms with Crippen molar-refractivity contribution < 1.29 is 13.5 Å². The molecule has 0 fully saturated rings. The molecule has 1 rings (SSSR count). The van der Waals surface area contributed by atoms with Crippen LogP contribution in [0, 0.1) is 11.3 Å². The smallest absolute Gasteiger partial charge is 0.268 e. The van der Waals surface area contributed by atoms with Crippen molar-refractivity contribution in [3.63, 3.8) is 0 Å². The van der Waals surface area contributed by atoms with Gasteiger partial charge in [0.2, 0.25) is 0 Å². The van der Waals surface area contributed by atoms with Gasteiger partial charge in [-0.2, -0.15) is 5.26 Å². The highest BCUT2D eigenvalue weighted by atomic mass is 79.9. The molecule has 80 valence electrons. The van der Waals surface area contributed by atoms with E-state index < -0.39 is 6.43 Å². The van der Waals surface area contributed by atoms with Crippen LogP contribution in [0.4, 0.5) is 8.78 Å². The van der Waals surface area contributed by atoms with E-state index in [0.29, 0.717) is 11.0 Å². The molecule has 0 aliphatic heterocycles. The van der Waals surface area contributed by atoms with Crippen LogP contribution >= 0.6 is 15.9 Å². The zero-order chi connectivity index (χ0) is 11.4. The lowest BCUT2D eigenvalue weighted by molar-refractivity contribution is 0.146. The fourth-order valence-corrected chi connectivity index (χ4v) is 1.56. The van der Waals surface area contributed by atoms with E-state index in [1.165, 1.54) is 7.11 Å². The van der Waals surface area contributed by atoms with E-state index in [4.69, 9.17) is 10.00 Å². The molecular weight excluding hydrogens is 270 g/mol. The molecule has 1 aromatic rings. The standard InChI is InChI=1S/C9H7BrF2N2O/c1-15-8-5(3-13)7(2-10)14-4-6(8)9(11)12/h4,9H,2H2,1H3. The average Bonchev–Trinajstić information content (AvgIpc) is 2.26. The number of ether oxygens (including phenoxy) is 1. The van der Waals surface area contributed by atoms with E-state index in [-0.39, 0.29) is 16.9 Å². The maximum absolute atomic E-state index is 12.5. The van der Waals surface area contributed by atoms with Crippen LogP contribution in [-0.2, 0) is 5.33 Å². The van der Waals surface area contributed by atoms with Gasteiger partial charge in [0.1, 0.15) is 17.4 Å². The molecule has 0 aliphatic carbocycles. The summed E-state index contributed by atoms with van der Waals surface area (Å²) in [6, 6.07) is 1.81. The van der Waals surface area contributed by atoms with Gasteiger partial charge in [0.25, 0.3) is 6.43 Å². The molecule has 6 heteroatoms. The van der Waals surface area contributed by atoms with Crippen LogP contribution in [-0.4, -0.2) is 12.1 Å². The molecule has 0 aliphatic rings. The first-order valence-electron chi connectivity index (χ1n) is 3.95. The van der Waals surface area contributed by atoms with Gasteiger partial charge in [-0.15, -0.1) is 0 Å². The largest absolute Gasteiger partial charge is 0.495 e. The van der Waals surface area contributed by atoms with E-state index in [1.807, 2.05) is 6.07 Å². The second-order valence-electron chi connectivity index (χ2n) is 2.61. The lowest BCUT2D eigenvalue weighted by Crippen LogP contribution is -2.01. The Morgan fingerprint density at radius 2 is 2.33 bits per heavy atom. The normalized spacial score (nSPS) is 10.1. The van der Waals surface area contributed by atoms with Crippen molar-refractivity contribution in [3.05, 3.63) is 23.0 Å². The van der Waals surface area contributed by atoms with E-state index in [9.17, 15) is 8.78 Å². The lowest BCUT2D eigenvalue weighted by atomic mass is 10.1. The SMILES string of the molecule is COc1c(C(F)F)cnc(CBr)c1C#N. The van der Waals surface area contributed by atoms with E-state index in [2.05, 4.69) is 20.9 Å². The van der Waals surface area contributed by atoms with Gasteiger partial charge in [0, 0.05) is 11.5 Å². The first-order chi connectivity index (χ1) is 7.15. The third-order valence-corrected chi connectivity index (χ3v) is 2.35. The topological polar surface area (TPSA) is 45.9 Å². The molecule has 0 amide bonds. The highest BCUT2D eigenvalue weighted by Crippen LogP contribution is 2.32. The van der Waals surface area contributed by atoms with Crippen molar-refractivity contribution >= 4 is 15.9 Å². The second kappa shape index (κ2) is 5.03. The zero-order valence-corrected chi connectivity index (χ0v) is 9.38. The molecule has 0 saturated heterocycles. The molecule has 1 heterocycles. The van der Waals surface area contributed by atoms with Gasteiger partial charge in [-0.1, -0.05) is 15.9 Å². The van der Waals surface area contributed by atoms with Crippen LogP contribution in [0.25, 0.3) is 0 Å². The second-order valence-corrected chi connectivity index (χ2v) is 3.18. The van der Waals surface area contributed by atoms with Crippen LogP contribution in [0.2, 0.25) is 0 Å². The average molecular weight is 277 g/mol. The van der Waals surface area contributed by atoms with Crippen molar-refractivity contribution in [1.82, 2.24) is 4.98 Å². The quantitative estimate of drug-likeness (QED) is 0.798. The highest BCUT2D eigenvalue weighted by Gasteiger charge is 2.20. The van der Waals surface area contributed by atoms with Gasteiger partial charge in [-0.25, -0.2) is 8.78 Å². The third kappa shape index (κ3) is 2.23. The Bertz CT molecular complexity index is 404. The van der Waals surface area contributed by atoms with E-state index in [1.54, 1.807) is 0 Å². The summed E-state index contributed by atoms with van der Waals surface area (Å²) >= 11 is 3.12. The fourth-order valence-electron chi connectivity index (χ4n) is 1.14. The summed E-state index contributed by atoms with van der Waals surface area (Å²) in [6.07, 6.45) is -1.68. The highest BCUT2D eigenvalue weighted by molar-refractivity contribution is 9.08. The maximum atomic E-state index is 12.5. The molecule has 0 unspecified atom stereocenters. The Morgan fingerprint density at radius 3 is 2.73 bits per heavy atom. The number of nitriles is 1. The fraction of sp³-hybridized carbons (Fsp3) is 0.333. The number of aromatic nitrogens is 1. The van der Waals surface area contributed by atoms with Crippen LogP contribution in [0.1, 0.15) is 23.2 Å². The molecule has 1 aromatic heterocycles. The summed E-state index contributed by atoms with van der Waals surface area (Å²) in [5.41, 5.74) is 0.0738. The van der Waals surface area contributed by atoms with Gasteiger partial charge in [0.05, 0.1) is 18.4 Å². The van der Waals surface area contributed by atoms with Crippen LogP contribution in [0.3, 0.4) is 0 Å². The third-order valence-electron chi connectivity index (χ3n) is 1.81. The van der Waals surface area contributed by atoms with Crippen molar-refractivity contribution in [2.75, 3.05) is 7.11 Å². The Hall–Kier alpha value is -1.22. The molecule has 0 spiro atoms. The van der Waals surface area contributed by atoms with Gasteiger partial charge in [-0.3, -0.25) is 4.98 Å². The minimum Gasteiger partial charge on any atom is -0.495 e. The molecule has 3 nitrogen and oxygen atoms in total. The summed E-state index contributed by atoms with van der Waals surface area (Å²) in [5.74, 6) is -0.100. The summed E-state index contributed by atoms with van der Waals surface area (Å²) < 4.78 is 29.9. The zero-order valence-electron chi connectivity index (χ0n) is 7.80. The van der Waals surface area contributed by atoms with Gasteiger partial charge < -0.3 is 4.74 Å². The number of rotatable bonds is 3. The lowest BCUT2D eigenvalue weighted by Gasteiger charge is -2.10. The molecule has 0 aromatic carbocycles. The number of methoxy groups -OCH3 is 1. The summed E-state index contributed by atoms with van der Waals surface area (Å²) in [4.78, 5) is 3.77.